The Balaban J connectivity index is 1.59. The van der Waals surface area contributed by atoms with E-state index in [2.05, 4.69) is 0 Å². The van der Waals surface area contributed by atoms with Crippen LogP contribution in [0.3, 0.4) is 0 Å². The number of benzene rings is 1. The number of nitriles is 1. The van der Waals surface area contributed by atoms with Crippen molar-refractivity contribution in [1.82, 2.24) is 4.90 Å². The van der Waals surface area contributed by atoms with Crippen molar-refractivity contribution in [3.05, 3.63) is 53.0 Å². The second-order valence-electron chi connectivity index (χ2n) is 8.60. The lowest BCUT2D eigenvalue weighted by atomic mass is 9.73. The zero-order valence-electron chi connectivity index (χ0n) is 17.9. The number of nitrogens with zero attached hydrogens (tertiary/aromatic N) is 3. The number of hydrogen-bond acceptors (Lipinski definition) is 5. The number of fused-ring (bicyclic) bond motifs is 1. The van der Waals surface area contributed by atoms with Crippen molar-refractivity contribution in [2.75, 3.05) is 44.8 Å². The van der Waals surface area contributed by atoms with Gasteiger partial charge in [-0.15, -0.1) is 0 Å². The number of amides is 1. The van der Waals surface area contributed by atoms with Crippen molar-refractivity contribution in [1.29, 1.82) is 5.26 Å². The minimum Gasteiger partial charge on any atom is -0.469 e. The number of aryl methyl sites for hydroxylation is 1. The quantitative estimate of drug-likeness (QED) is 0.706. The molecule has 2 aliphatic rings. The molecule has 2 fully saturated rings. The van der Waals surface area contributed by atoms with E-state index in [1.807, 2.05) is 4.90 Å². The van der Waals surface area contributed by atoms with Crippen LogP contribution < -0.4 is 4.90 Å². The fraction of sp³-hybridized carbons (Fsp3) is 0.478. The number of methoxy groups -OCH3 is 1. The van der Waals surface area contributed by atoms with E-state index in [4.69, 9.17) is 14.4 Å². The summed E-state index contributed by atoms with van der Waals surface area (Å²) in [5, 5.41) is 9.06. The summed E-state index contributed by atoms with van der Waals surface area (Å²) in [5.74, 6) is 0.493. The molecule has 4 rings (SSSR count). The Kier molecular flexibility index (Phi) is 5.67. The van der Waals surface area contributed by atoms with Crippen LogP contribution in [0.4, 0.5) is 18.9 Å². The van der Waals surface area contributed by atoms with Crippen LogP contribution in [0.15, 0.2) is 34.9 Å². The van der Waals surface area contributed by atoms with Crippen molar-refractivity contribution in [3.8, 4) is 6.07 Å². The SMILES string of the molecule is COC[C@@]12CCN(c3ccc(C#N)c(C(F)(F)F)c3)C[C@@H]1CN(C(=O)c1ccoc1C)C2. The van der Waals surface area contributed by atoms with E-state index in [9.17, 15) is 18.0 Å². The van der Waals surface area contributed by atoms with Crippen LogP contribution >= 0.6 is 0 Å². The number of anilines is 1. The van der Waals surface area contributed by atoms with Crippen molar-refractivity contribution < 1.29 is 27.1 Å². The van der Waals surface area contributed by atoms with E-state index in [0.29, 0.717) is 56.2 Å². The van der Waals surface area contributed by atoms with Gasteiger partial charge in [-0.05, 0) is 37.6 Å². The van der Waals surface area contributed by atoms with Crippen LogP contribution in [0.1, 0.15) is 33.7 Å². The highest BCUT2D eigenvalue weighted by molar-refractivity contribution is 5.95. The summed E-state index contributed by atoms with van der Waals surface area (Å²) in [6.45, 7) is 4.28. The molecule has 0 bridgehead atoms. The summed E-state index contributed by atoms with van der Waals surface area (Å²) < 4.78 is 51.1. The number of hydrogen-bond donors (Lipinski definition) is 0. The zero-order valence-corrected chi connectivity index (χ0v) is 17.9. The van der Waals surface area contributed by atoms with Gasteiger partial charge in [0.2, 0.25) is 0 Å². The van der Waals surface area contributed by atoms with Crippen molar-refractivity contribution in [2.45, 2.75) is 19.5 Å². The Morgan fingerprint density at radius 1 is 1.34 bits per heavy atom. The van der Waals surface area contributed by atoms with Gasteiger partial charge in [0.25, 0.3) is 5.91 Å². The zero-order chi connectivity index (χ0) is 23.1. The number of likely N-dealkylation sites (tertiary alicyclic amines) is 1. The topological polar surface area (TPSA) is 69.7 Å². The third kappa shape index (κ3) is 3.84. The molecular weight excluding hydrogens is 423 g/mol. The molecule has 2 atom stereocenters. The maximum atomic E-state index is 13.4. The highest BCUT2D eigenvalue weighted by atomic mass is 19.4. The standard InChI is InChI=1S/C23H24F3N3O3/c1-15-19(5-8-32-15)21(30)29-12-17-11-28(7-6-22(17,13-29)14-31-2)18-4-3-16(10-27)20(9-18)23(24,25)26/h3-5,8-9,17H,6-7,11-14H2,1-2H3/t17-,22+/m1/s1. The Morgan fingerprint density at radius 2 is 2.12 bits per heavy atom. The molecule has 0 spiro atoms. The number of carbonyl (C=O) groups is 1. The van der Waals surface area contributed by atoms with E-state index in [1.54, 1.807) is 37.1 Å². The second kappa shape index (κ2) is 8.17. The molecule has 2 saturated heterocycles. The van der Waals surface area contributed by atoms with Gasteiger partial charge < -0.3 is 19.0 Å². The van der Waals surface area contributed by atoms with Gasteiger partial charge in [-0.1, -0.05) is 0 Å². The number of furan rings is 1. The molecule has 0 saturated carbocycles. The Hall–Kier alpha value is -2.99. The molecular formula is C23H24F3N3O3. The van der Waals surface area contributed by atoms with Gasteiger partial charge in [0.05, 0.1) is 35.6 Å². The monoisotopic (exact) mass is 447 g/mol. The normalized spacial score (nSPS) is 23.2. The Bertz CT molecular complexity index is 1060. The van der Waals surface area contributed by atoms with Crippen LogP contribution in [0, 0.1) is 29.6 Å². The van der Waals surface area contributed by atoms with Gasteiger partial charge in [-0.2, -0.15) is 18.4 Å². The van der Waals surface area contributed by atoms with Crippen molar-refractivity contribution in [2.24, 2.45) is 11.3 Å². The lowest BCUT2D eigenvalue weighted by Gasteiger charge is -2.44. The lowest BCUT2D eigenvalue weighted by Crippen LogP contribution is -2.49. The Morgan fingerprint density at radius 3 is 2.75 bits per heavy atom. The largest absolute Gasteiger partial charge is 0.469 e. The first kappa shape index (κ1) is 22.2. The Labute approximate surface area is 184 Å². The molecule has 0 N–H and O–H groups in total. The molecule has 1 aromatic carbocycles. The minimum atomic E-state index is -4.60. The summed E-state index contributed by atoms with van der Waals surface area (Å²) >= 11 is 0. The van der Waals surface area contributed by atoms with Gasteiger partial charge in [0, 0.05) is 50.3 Å². The fourth-order valence-corrected chi connectivity index (χ4v) is 5.03. The predicted molar refractivity (Wildman–Crippen MR) is 110 cm³/mol. The van der Waals surface area contributed by atoms with Crippen LogP contribution in [0.5, 0.6) is 0 Å². The number of alkyl halides is 3. The third-order valence-corrected chi connectivity index (χ3v) is 6.74. The average Bonchev–Trinajstić information content (AvgIpc) is 3.35. The molecule has 1 amide bonds. The highest BCUT2D eigenvalue weighted by Crippen LogP contribution is 2.45. The minimum absolute atomic E-state index is 0.0392. The second-order valence-corrected chi connectivity index (χ2v) is 8.60. The highest BCUT2D eigenvalue weighted by Gasteiger charge is 2.51. The molecule has 2 aliphatic heterocycles. The summed E-state index contributed by atoms with van der Waals surface area (Å²) in [6.07, 6.45) is -2.43. The van der Waals surface area contributed by atoms with Crippen LogP contribution in [0.25, 0.3) is 0 Å². The van der Waals surface area contributed by atoms with Gasteiger partial charge in [0.15, 0.2) is 0 Å². The smallest absolute Gasteiger partial charge is 0.417 e. The number of ether oxygens (including phenoxy) is 1. The van der Waals surface area contributed by atoms with Gasteiger partial charge in [-0.3, -0.25) is 4.79 Å². The number of carbonyl (C=O) groups excluding carboxylic acids is 1. The molecule has 6 nitrogen and oxygen atoms in total. The number of halogens is 3. The van der Waals surface area contributed by atoms with E-state index in [-0.39, 0.29) is 22.8 Å². The van der Waals surface area contributed by atoms with Gasteiger partial charge in [-0.25, -0.2) is 0 Å². The first-order chi connectivity index (χ1) is 15.2. The van der Waals surface area contributed by atoms with Crippen LogP contribution in [-0.4, -0.2) is 50.7 Å². The molecule has 0 aliphatic carbocycles. The van der Waals surface area contributed by atoms with Crippen LogP contribution in [-0.2, 0) is 10.9 Å². The third-order valence-electron chi connectivity index (χ3n) is 6.74. The number of rotatable bonds is 4. The first-order valence-corrected chi connectivity index (χ1v) is 10.4. The summed E-state index contributed by atoms with van der Waals surface area (Å²) in [7, 11) is 1.62. The molecule has 3 heterocycles. The van der Waals surface area contributed by atoms with Gasteiger partial charge in [0.1, 0.15) is 5.76 Å². The summed E-state index contributed by atoms with van der Waals surface area (Å²) in [5.41, 5.74) is -0.615. The maximum Gasteiger partial charge on any atom is 0.417 e. The van der Waals surface area contributed by atoms with Crippen molar-refractivity contribution >= 4 is 11.6 Å². The molecule has 0 unspecified atom stereocenters. The fourth-order valence-electron chi connectivity index (χ4n) is 5.03. The first-order valence-electron chi connectivity index (χ1n) is 10.4. The van der Waals surface area contributed by atoms with E-state index >= 15 is 0 Å². The molecule has 1 aromatic heterocycles. The number of piperidine rings is 1. The average molecular weight is 447 g/mol. The summed E-state index contributed by atoms with van der Waals surface area (Å²) in [6, 6.07) is 7.11. The van der Waals surface area contributed by atoms with E-state index in [0.717, 1.165) is 6.07 Å². The van der Waals surface area contributed by atoms with Gasteiger partial charge >= 0.3 is 6.18 Å². The van der Waals surface area contributed by atoms with E-state index < -0.39 is 11.7 Å². The molecule has 170 valence electrons. The maximum absolute atomic E-state index is 13.4. The molecule has 2 aromatic rings. The van der Waals surface area contributed by atoms with Crippen LogP contribution in [0.2, 0.25) is 0 Å². The summed E-state index contributed by atoms with van der Waals surface area (Å²) in [4.78, 5) is 16.8. The molecule has 9 heteroatoms. The van der Waals surface area contributed by atoms with E-state index in [1.165, 1.54) is 12.3 Å². The molecule has 32 heavy (non-hydrogen) atoms. The molecule has 0 radical (unpaired) electrons. The lowest BCUT2D eigenvalue weighted by molar-refractivity contribution is -0.137. The van der Waals surface area contributed by atoms with Crippen molar-refractivity contribution in [3.63, 3.8) is 0 Å². The predicted octanol–water partition coefficient (Wildman–Crippen LogP) is 4.09.